The van der Waals surface area contributed by atoms with Gasteiger partial charge in [0.1, 0.15) is 0 Å². The third kappa shape index (κ3) is 12.9. The molecule has 0 aliphatic rings. The van der Waals surface area contributed by atoms with E-state index in [-0.39, 0.29) is 63.1 Å². The van der Waals surface area contributed by atoms with Gasteiger partial charge in [-0.15, -0.1) is 69.1 Å². The van der Waals surface area contributed by atoms with E-state index < -0.39 is 16.1 Å². The summed E-state index contributed by atoms with van der Waals surface area (Å²) in [5.74, 6) is 0. The summed E-state index contributed by atoms with van der Waals surface area (Å²) in [6.07, 6.45) is 0. The maximum absolute atomic E-state index is 10.2. The second kappa shape index (κ2) is 19.4. The van der Waals surface area contributed by atoms with E-state index in [0.717, 1.165) is 0 Å². The third-order valence-electron chi connectivity index (χ3n) is 7.32. The van der Waals surface area contributed by atoms with Crippen LogP contribution in [-0.4, -0.2) is 53.1 Å². The van der Waals surface area contributed by atoms with Crippen LogP contribution in [0, 0.1) is 13.8 Å². The normalized spacial score (nSPS) is 10.5. The zero-order valence-electron chi connectivity index (χ0n) is 29.4. The van der Waals surface area contributed by atoms with E-state index in [1.165, 1.54) is 54.9 Å². The molecule has 0 fully saturated rings. The Kier molecular flexibility index (Phi) is 17.5. The Morgan fingerprint density at radius 1 is 0.521 bits per heavy atom. The second-order valence-electron chi connectivity index (χ2n) is 13.6. The van der Waals surface area contributed by atoms with Crippen LogP contribution < -0.4 is 0 Å². The minimum atomic E-state index is -1.71. The molecule has 8 heteroatoms. The van der Waals surface area contributed by atoms with E-state index in [4.69, 9.17) is 11.5 Å². The van der Waals surface area contributed by atoms with Crippen LogP contribution in [0.25, 0.3) is 55.3 Å². The summed E-state index contributed by atoms with van der Waals surface area (Å²) in [6.45, 7) is 15.5. The fraction of sp³-hybridized carbons (Fsp3) is 0.200. The Hall–Kier alpha value is -2.77. The smallest absolute Gasteiger partial charge is 0.672 e. The summed E-state index contributed by atoms with van der Waals surface area (Å²) >= 11 is 0. The second-order valence-corrected chi connectivity index (χ2v) is 23.5. The quantitative estimate of drug-likeness (QED) is 0.131. The Labute approximate surface area is 327 Å². The van der Waals surface area contributed by atoms with Gasteiger partial charge in [0.15, 0.2) is 0 Å². The summed E-state index contributed by atoms with van der Waals surface area (Å²) < 4.78 is 0. The van der Waals surface area contributed by atoms with Crippen LogP contribution in [0.5, 0.6) is 0 Å². The number of nitrogens with one attached hydrogen (secondary N) is 2. The average Bonchev–Trinajstić information content (AvgIpc) is 3.58. The molecule has 0 heterocycles. The molecule has 4 nitrogen and oxygen atoms in total. The molecule has 0 atom stereocenters. The number of hydrogen-bond acceptors (Lipinski definition) is 2. The molecule has 6 aromatic carbocycles. The molecule has 0 saturated carbocycles. The van der Waals surface area contributed by atoms with Gasteiger partial charge in [0.05, 0.1) is 16.1 Å². The Morgan fingerprint density at radius 3 is 1.08 bits per heavy atom. The van der Waals surface area contributed by atoms with Crippen molar-refractivity contribution < 1.29 is 35.8 Å². The standard InChI is InChI=1S/2C16H13.2C4H11NOSi.In.Zr/c2*1-12-10-14-8-5-9-15(16(14)11-12)13-6-3-2-4-7-13;2*1-7(2,3)4(5)6;;/h2*2-11H,1H3;2*1-3H3,(H2,5,6);;/q2*-1;;;;+4/p-2. The van der Waals surface area contributed by atoms with E-state index >= 15 is 0 Å². The first kappa shape index (κ1) is 43.2. The number of benzene rings is 4. The zero-order valence-corrected chi connectivity index (χ0v) is 37.2. The number of carbonyl (C=O) groups is 2. The van der Waals surface area contributed by atoms with Crippen molar-refractivity contribution in [1.82, 2.24) is 0 Å². The summed E-state index contributed by atoms with van der Waals surface area (Å²) in [6, 6.07) is 43.1. The first-order valence-corrected chi connectivity index (χ1v) is 22.5. The molecule has 0 spiro atoms. The SMILES string of the molecule is C[Si](C)(C)C([NH-])=O.C[Si](C)(C)C([NH-])=O.Cc1cc2c(-c3ccccc3)cccc2[cH-]1.Cc1cc2c(-c3ccccc3)cccc2[cH-]1.[In].[Zr+4]. The Bertz CT molecular complexity index is 1750. The van der Waals surface area contributed by atoms with Gasteiger partial charge in [-0.3, -0.25) is 0 Å². The van der Waals surface area contributed by atoms with E-state index in [1.807, 2.05) is 39.3 Å². The first-order valence-electron chi connectivity index (χ1n) is 15.5. The van der Waals surface area contributed by atoms with Crippen LogP contribution >= 0.6 is 0 Å². The topological polar surface area (TPSA) is 81.7 Å². The van der Waals surface area contributed by atoms with E-state index in [2.05, 4.69) is 135 Å². The third-order valence-corrected chi connectivity index (χ3v) is 10.0. The number of carbonyl (C=O) groups excluding carboxylic acids is 2. The van der Waals surface area contributed by atoms with Gasteiger partial charge in [-0.05, 0) is 11.1 Å². The van der Waals surface area contributed by atoms with Gasteiger partial charge in [0.2, 0.25) is 0 Å². The van der Waals surface area contributed by atoms with E-state index in [0.29, 0.717) is 0 Å². The summed E-state index contributed by atoms with van der Waals surface area (Å²) in [5, 5.41) is 5.37. The molecule has 6 aromatic rings. The van der Waals surface area contributed by atoms with Crippen molar-refractivity contribution in [1.29, 1.82) is 0 Å². The molecule has 0 aliphatic heterocycles. The molecule has 243 valence electrons. The Morgan fingerprint density at radius 2 is 0.812 bits per heavy atom. The van der Waals surface area contributed by atoms with Crippen molar-refractivity contribution in [3.8, 4) is 22.3 Å². The molecule has 0 bridgehead atoms. The summed E-state index contributed by atoms with van der Waals surface area (Å²) in [5.41, 5.74) is 20.5. The molecule has 3 radical (unpaired) electrons. The average molecular weight is 849 g/mol. The van der Waals surface area contributed by atoms with Gasteiger partial charge in [0, 0.05) is 36.9 Å². The molecule has 0 aliphatic carbocycles. The molecule has 6 rings (SSSR count). The van der Waals surface area contributed by atoms with Crippen molar-refractivity contribution >= 4 is 74.6 Å². The van der Waals surface area contributed by atoms with Crippen molar-refractivity contribution in [2.75, 3.05) is 0 Å². The summed E-state index contributed by atoms with van der Waals surface area (Å²) in [4.78, 5) is 20.4. The number of hydrogen-bond donors (Lipinski definition) is 0. The van der Waals surface area contributed by atoms with Gasteiger partial charge in [-0.25, -0.2) is 0 Å². The molecule has 0 unspecified atom stereocenters. The molecular formula is C40H46InN2O2Si2Zr. The van der Waals surface area contributed by atoms with Crippen LogP contribution in [0.3, 0.4) is 0 Å². The fourth-order valence-corrected chi connectivity index (χ4v) is 4.51. The summed E-state index contributed by atoms with van der Waals surface area (Å²) in [7, 11) is -3.41. The van der Waals surface area contributed by atoms with Crippen molar-refractivity contribution in [3.63, 3.8) is 0 Å². The van der Waals surface area contributed by atoms with Crippen LogP contribution in [0.4, 0.5) is 9.59 Å². The van der Waals surface area contributed by atoms with Gasteiger partial charge >= 0.3 is 26.2 Å². The molecule has 2 N–H and O–H groups in total. The van der Waals surface area contributed by atoms with Crippen LogP contribution in [0.1, 0.15) is 11.1 Å². The first-order chi connectivity index (χ1) is 21.6. The zero-order chi connectivity index (χ0) is 34.1. The molecule has 0 aromatic heterocycles. The van der Waals surface area contributed by atoms with Crippen LogP contribution in [-0.2, 0) is 26.2 Å². The number of rotatable bonds is 4. The largest absolute Gasteiger partial charge is 4.00 e. The van der Waals surface area contributed by atoms with Gasteiger partial charge in [0.25, 0.3) is 0 Å². The van der Waals surface area contributed by atoms with Crippen molar-refractivity contribution in [3.05, 3.63) is 144 Å². The van der Waals surface area contributed by atoms with E-state index in [1.54, 1.807) is 0 Å². The fourth-order valence-electron chi connectivity index (χ4n) is 4.51. The van der Waals surface area contributed by atoms with Crippen LogP contribution in [0.2, 0.25) is 39.3 Å². The maximum Gasteiger partial charge on any atom is 4.00 e. The number of amides is 2. The van der Waals surface area contributed by atoms with E-state index in [9.17, 15) is 9.59 Å². The van der Waals surface area contributed by atoms with Crippen molar-refractivity contribution in [2.45, 2.75) is 53.1 Å². The Balaban J connectivity index is 0.000000340. The minimum absolute atomic E-state index is 0. The van der Waals surface area contributed by atoms with Crippen molar-refractivity contribution in [2.24, 2.45) is 0 Å². The van der Waals surface area contributed by atoms with Gasteiger partial charge < -0.3 is 21.1 Å². The van der Waals surface area contributed by atoms with Crippen LogP contribution in [0.15, 0.2) is 121 Å². The monoisotopic (exact) mass is 847 g/mol. The molecular weight excluding hydrogens is 803 g/mol. The predicted molar refractivity (Wildman–Crippen MR) is 211 cm³/mol. The number of fused-ring (bicyclic) bond motifs is 2. The molecule has 2 amide bonds. The predicted octanol–water partition coefficient (Wildman–Crippen LogP) is 12.8. The molecule has 48 heavy (non-hydrogen) atoms. The molecule has 0 saturated heterocycles. The minimum Gasteiger partial charge on any atom is -0.672 e. The maximum atomic E-state index is 10.2. The van der Waals surface area contributed by atoms with Gasteiger partial charge in [-0.2, -0.15) is 12.1 Å². The number of aryl methyl sites for hydroxylation is 2. The van der Waals surface area contributed by atoms with Gasteiger partial charge in [-0.1, -0.05) is 137 Å².